The quantitative estimate of drug-likeness (QED) is 0.811. The standard InChI is InChI=1S/C20H25N3O3S/c1-14-12-23(13-15(2)26-14)19(24)18-10-17(16-4-3-5-21-11-16)20(27-18)22-6-8-25-9-7-22/h3-5,10-11,14-15H,6-9,12-13H2,1-2H3. The smallest absolute Gasteiger partial charge is 0.264 e. The fourth-order valence-corrected chi connectivity index (χ4v) is 4.92. The second-order valence-electron chi connectivity index (χ2n) is 7.14. The normalized spacial score (nSPS) is 23.5. The highest BCUT2D eigenvalue weighted by Gasteiger charge is 2.29. The Kier molecular flexibility index (Phi) is 5.43. The number of thiophene rings is 1. The van der Waals surface area contributed by atoms with Gasteiger partial charge in [0.1, 0.15) is 0 Å². The summed E-state index contributed by atoms with van der Waals surface area (Å²) in [4.78, 5) is 22.5. The minimum Gasteiger partial charge on any atom is -0.378 e. The van der Waals surface area contributed by atoms with Gasteiger partial charge in [0.05, 0.1) is 35.3 Å². The first kappa shape index (κ1) is 18.4. The van der Waals surface area contributed by atoms with Gasteiger partial charge in [-0.05, 0) is 26.0 Å². The molecule has 0 N–H and O–H groups in total. The van der Waals surface area contributed by atoms with Crippen molar-refractivity contribution in [2.24, 2.45) is 0 Å². The average molecular weight is 388 g/mol. The lowest BCUT2D eigenvalue weighted by Crippen LogP contribution is -2.48. The molecule has 27 heavy (non-hydrogen) atoms. The molecule has 2 aromatic rings. The van der Waals surface area contributed by atoms with Crippen LogP contribution in [0.15, 0.2) is 30.6 Å². The highest BCUT2D eigenvalue weighted by molar-refractivity contribution is 7.18. The van der Waals surface area contributed by atoms with Crippen LogP contribution in [0.25, 0.3) is 11.1 Å². The number of anilines is 1. The number of amides is 1. The van der Waals surface area contributed by atoms with E-state index in [-0.39, 0.29) is 18.1 Å². The van der Waals surface area contributed by atoms with Gasteiger partial charge in [-0.25, -0.2) is 0 Å². The molecule has 0 spiro atoms. The number of hydrogen-bond donors (Lipinski definition) is 0. The number of morpholine rings is 2. The third-order valence-corrected chi connectivity index (χ3v) is 6.08. The Hall–Kier alpha value is -1.96. The number of carbonyl (C=O) groups is 1. The van der Waals surface area contributed by atoms with Crippen LogP contribution in [-0.4, -0.2) is 67.4 Å². The molecular weight excluding hydrogens is 362 g/mol. The number of nitrogens with zero attached hydrogens (tertiary/aromatic N) is 3. The van der Waals surface area contributed by atoms with Crippen LogP contribution < -0.4 is 4.90 Å². The predicted octanol–water partition coefficient (Wildman–Crippen LogP) is 2.90. The maximum absolute atomic E-state index is 13.2. The first-order valence-corrected chi connectivity index (χ1v) is 10.2. The van der Waals surface area contributed by atoms with Gasteiger partial charge in [-0.3, -0.25) is 9.78 Å². The Balaban J connectivity index is 1.67. The topological polar surface area (TPSA) is 54.9 Å². The number of hydrogen-bond acceptors (Lipinski definition) is 6. The maximum atomic E-state index is 13.2. The minimum absolute atomic E-state index is 0.0640. The Morgan fingerprint density at radius 3 is 2.63 bits per heavy atom. The molecule has 0 radical (unpaired) electrons. The van der Waals surface area contributed by atoms with Crippen molar-refractivity contribution in [3.63, 3.8) is 0 Å². The SMILES string of the molecule is CC1CN(C(=O)c2cc(-c3cccnc3)c(N3CCOCC3)s2)CC(C)O1. The second-order valence-corrected chi connectivity index (χ2v) is 8.17. The molecule has 1 amide bonds. The van der Waals surface area contributed by atoms with Gasteiger partial charge in [0.15, 0.2) is 0 Å². The van der Waals surface area contributed by atoms with E-state index in [1.165, 1.54) is 0 Å². The van der Waals surface area contributed by atoms with Crippen molar-refractivity contribution in [2.75, 3.05) is 44.3 Å². The van der Waals surface area contributed by atoms with E-state index in [4.69, 9.17) is 9.47 Å². The van der Waals surface area contributed by atoms with Crippen LogP contribution in [0.5, 0.6) is 0 Å². The summed E-state index contributed by atoms with van der Waals surface area (Å²) in [6, 6.07) is 6.01. The van der Waals surface area contributed by atoms with Crippen molar-refractivity contribution in [1.82, 2.24) is 9.88 Å². The Bertz CT molecular complexity index is 779. The first-order valence-electron chi connectivity index (χ1n) is 9.43. The van der Waals surface area contributed by atoms with Gasteiger partial charge < -0.3 is 19.3 Å². The molecule has 0 saturated carbocycles. The summed E-state index contributed by atoms with van der Waals surface area (Å²) in [7, 11) is 0. The first-order chi connectivity index (χ1) is 13.1. The van der Waals surface area contributed by atoms with E-state index in [9.17, 15) is 4.79 Å². The summed E-state index contributed by atoms with van der Waals surface area (Å²) in [6.45, 7) is 8.42. The van der Waals surface area contributed by atoms with Gasteiger partial charge in [-0.1, -0.05) is 6.07 Å². The highest BCUT2D eigenvalue weighted by Crippen LogP contribution is 2.39. The molecule has 2 aliphatic heterocycles. The van der Waals surface area contributed by atoms with E-state index in [0.29, 0.717) is 26.3 Å². The van der Waals surface area contributed by atoms with Crippen molar-refractivity contribution in [2.45, 2.75) is 26.1 Å². The fraction of sp³-hybridized carbons (Fsp3) is 0.500. The van der Waals surface area contributed by atoms with Gasteiger partial charge in [0.25, 0.3) is 5.91 Å². The third-order valence-electron chi connectivity index (χ3n) is 4.90. The van der Waals surface area contributed by atoms with E-state index in [2.05, 4.69) is 9.88 Å². The van der Waals surface area contributed by atoms with E-state index in [1.807, 2.05) is 43.1 Å². The van der Waals surface area contributed by atoms with Crippen molar-refractivity contribution in [1.29, 1.82) is 0 Å². The molecule has 2 aromatic heterocycles. The number of rotatable bonds is 3. The van der Waals surface area contributed by atoms with E-state index >= 15 is 0 Å². The number of aromatic nitrogens is 1. The van der Waals surface area contributed by atoms with E-state index < -0.39 is 0 Å². The summed E-state index contributed by atoms with van der Waals surface area (Å²) < 4.78 is 11.3. The number of ether oxygens (including phenoxy) is 2. The molecule has 2 saturated heterocycles. The summed E-state index contributed by atoms with van der Waals surface area (Å²) in [5.74, 6) is 0.0895. The lowest BCUT2D eigenvalue weighted by Gasteiger charge is -2.35. The lowest BCUT2D eigenvalue weighted by atomic mass is 10.1. The largest absolute Gasteiger partial charge is 0.378 e. The van der Waals surface area contributed by atoms with Crippen molar-refractivity contribution < 1.29 is 14.3 Å². The fourth-order valence-electron chi connectivity index (χ4n) is 3.72. The molecule has 4 rings (SSSR count). The molecule has 0 aromatic carbocycles. The minimum atomic E-state index is 0.0640. The Morgan fingerprint density at radius 1 is 1.22 bits per heavy atom. The van der Waals surface area contributed by atoms with Crippen LogP contribution in [-0.2, 0) is 9.47 Å². The van der Waals surface area contributed by atoms with E-state index in [0.717, 1.165) is 34.1 Å². The molecule has 2 unspecified atom stereocenters. The molecule has 2 atom stereocenters. The van der Waals surface area contributed by atoms with Gasteiger partial charge in [0, 0.05) is 49.7 Å². The monoisotopic (exact) mass is 387 g/mol. The van der Waals surface area contributed by atoms with E-state index in [1.54, 1.807) is 17.5 Å². The van der Waals surface area contributed by atoms with Gasteiger partial charge >= 0.3 is 0 Å². The molecular formula is C20H25N3O3S. The summed E-state index contributed by atoms with van der Waals surface area (Å²) >= 11 is 1.58. The molecule has 7 heteroatoms. The van der Waals surface area contributed by atoms with Gasteiger partial charge in [0.2, 0.25) is 0 Å². The number of carbonyl (C=O) groups excluding carboxylic acids is 1. The summed E-state index contributed by atoms with van der Waals surface area (Å²) in [6.07, 6.45) is 3.76. The van der Waals surface area contributed by atoms with Crippen LogP contribution in [0.2, 0.25) is 0 Å². The molecule has 144 valence electrons. The molecule has 4 heterocycles. The van der Waals surface area contributed by atoms with Crippen LogP contribution >= 0.6 is 11.3 Å². The highest BCUT2D eigenvalue weighted by atomic mass is 32.1. The zero-order valence-electron chi connectivity index (χ0n) is 15.8. The second kappa shape index (κ2) is 7.96. The summed E-state index contributed by atoms with van der Waals surface area (Å²) in [5, 5.41) is 1.13. The van der Waals surface area contributed by atoms with Gasteiger partial charge in [-0.15, -0.1) is 11.3 Å². The van der Waals surface area contributed by atoms with Crippen LogP contribution in [0.3, 0.4) is 0 Å². The molecule has 0 aliphatic carbocycles. The van der Waals surface area contributed by atoms with Crippen LogP contribution in [0.4, 0.5) is 5.00 Å². The van der Waals surface area contributed by atoms with Gasteiger partial charge in [-0.2, -0.15) is 0 Å². The molecule has 0 bridgehead atoms. The predicted molar refractivity (Wildman–Crippen MR) is 106 cm³/mol. The van der Waals surface area contributed by atoms with Crippen molar-refractivity contribution in [3.8, 4) is 11.1 Å². The van der Waals surface area contributed by atoms with Crippen molar-refractivity contribution in [3.05, 3.63) is 35.5 Å². The maximum Gasteiger partial charge on any atom is 0.264 e. The number of pyridine rings is 1. The van der Waals surface area contributed by atoms with Crippen molar-refractivity contribution >= 4 is 22.2 Å². The Labute approximate surface area is 163 Å². The Morgan fingerprint density at radius 2 is 1.96 bits per heavy atom. The zero-order valence-corrected chi connectivity index (χ0v) is 16.6. The average Bonchev–Trinajstić information content (AvgIpc) is 3.13. The molecule has 2 fully saturated rings. The molecule has 2 aliphatic rings. The lowest BCUT2D eigenvalue weighted by molar-refractivity contribution is -0.0585. The molecule has 6 nitrogen and oxygen atoms in total. The zero-order chi connectivity index (χ0) is 18.8. The van der Waals surface area contributed by atoms with Crippen LogP contribution in [0, 0.1) is 0 Å². The third kappa shape index (κ3) is 4.00. The van der Waals surface area contributed by atoms with Crippen LogP contribution in [0.1, 0.15) is 23.5 Å². The summed E-state index contributed by atoms with van der Waals surface area (Å²) in [5.41, 5.74) is 2.12.